The van der Waals surface area contributed by atoms with Crippen molar-refractivity contribution in [3.8, 4) is 11.3 Å². The molecular formula is C22H20F2N4O. The van der Waals surface area contributed by atoms with Crippen LogP contribution in [0.1, 0.15) is 15.9 Å². The summed E-state index contributed by atoms with van der Waals surface area (Å²) in [6, 6.07) is 15.3. The number of halogens is 2. The summed E-state index contributed by atoms with van der Waals surface area (Å²) in [5.74, 6) is -1.59. The maximum atomic E-state index is 13.9. The molecule has 0 unspecified atom stereocenters. The lowest BCUT2D eigenvalue weighted by Gasteiger charge is -2.35. The van der Waals surface area contributed by atoms with E-state index in [0.29, 0.717) is 32.0 Å². The first-order valence-electron chi connectivity index (χ1n) is 9.42. The van der Waals surface area contributed by atoms with Gasteiger partial charge in [-0.25, -0.2) is 8.78 Å². The molecule has 148 valence electrons. The van der Waals surface area contributed by atoms with E-state index in [9.17, 15) is 13.6 Å². The first kappa shape index (κ1) is 19.0. The van der Waals surface area contributed by atoms with Gasteiger partial charge in [0.15, 0.2) is 5.82 Å². The van der Waals surface area contributed by atoms with E-state index < -0.39 is 23.1 Å². The van der Waals surface area contributed by atoms with Crippen LogP contribution in [-0.4, -0.2) is 47.2 Å². The SMILES string of the molecule is Cc1ccc(-c2ccc(N3CCN(C(=O)c4c(F)cccc4F)CC3)nn2)cc1. The first-order chi connectivity index (χ1) is 14.0. The summed E-state index contributed by atoms with van der Waals surface area (Å²) in [6.45, 7) is 3.77. The predicted octanol–water partition coefficient (Wildman–Crippen LogP) is 3.69. The Morgan fingerprint density at radius 1 is 0.862 bits per heavy atom. The topological polar surface area (TPSA) is 49.3 Å². The number of carbonyl (C=O) groups excluding carboxylic acids is 1. The van der Waals surface area contributed by atoms with Crippen molar-refractivity contribution >= 4 is 11.7 Å². The molecule has 2 aromatic carbocycles. The Hall–Kier alpha value is -3.35. The fourth-order valence-corrected chi connectivity index (χ4v) is 3.37. The van der Waals surface area contributed by atoms with Gasteiger partial charge in [0.05, 0.1) is 5.69 Å². The number of hydrogen-bond donors (Lipinski definition) is 0. The molecule has 1 aliphatic rings. The molecule has 0 bridgehead atoms. The zero-order valence-corrected chi connectivity index (χ0v) is 16.0. The summed E-state index contributed by atoms with van der Waals surface area (Å²) >= 11 is 0. The highest BCUT2D eigenvalue weighted by molar-refractivity contribution is 5.95. The zero-order chi connectivity index (χ0) is 20.4. The van der Waals surface area contributed by atoms with Gasteiger partial charge in [0.25, 0.3) is 5.91 Å². The number of rotatable bonds is 3. The van der Waals surface area contributed by atoms with Gasteiger partial charge in [-0.2, -0.15) is 0 Å². The summed E-state index contributed by atoms with van der Waals surface area (Å²) in [6.07, 6.45) is 0. The second-order valence-corrected chi connectivity index (χ2v) is 7.02. The monoisotopic (exact) mass is 394 g/mol. The van der Waals surface area contributed by atoms with Crippen LogP contribution in [-0.2, 0) is 0 Å². The van der Waals surface area contributed by atoms with Crippen molar-refractivity contribution in [2.24, 2.45) is 0 Å². The Kier molecular flexibility index (Phi) is 5.20. The van der Waals surface area contributed by atoms with Crippen LogP contribution in [0.2, 0.25) is 0 Å². The maximum absolute atomic E-state index is 13.9. The van der Waals surface area contributed by atoms with E-state index in [1.54, 1.807) is 0 Å². The number of carbonyl (C=O) groups is 1. The number of hydrogen-bond acceptors (Lipinski definition) is 4. The van der Waals surface area contributed by atoms with Gasteiger partial charge in [-0.15, -0.1) is 10.2 Å². The molecule has 0 saturated carbocycles. The van der Waals surface area contributed by atoms with Crippen molar-refractivity contribution in [2.45, 2.75) is 6.92 Å². The van der Waals surface area contributed by atoms with E-state index in [2.05, 4.69) is 10.2 Å². The van der Waals surface area contributed by atoms with E-state index in [1.165, 1.54) is 16.5 Å². The maximum Gasteiger partial charge on any atom is 0.259 e. The molecule has 0 spiro atoms. The van der Waals surface area contributed by atoms with Gasteiger partial charge in [-0.3, -0.25) is 4.79 Å². The quantitative estimate of drug-likeness (QED) is 0.680. The van der Waals surface area contributed by atoms with Crippen molar-refractivity contribution < 1.29 is 13.6 Å². The van der Waals surface area contributed by atoms with Crippen LogP contribution < -0.4 is 4.90 Å². The lowest BCUT2D eigenvalue weighted by atomic mass is 10.1. The van der Waals surface area contributed by atoms with Gasteiger partial charge < -0.3 is 9.80 Å². The van der Waals surface area contributed by atoms with E-state index in [4.69, 9.17) is 0 Å². The van der Waals surface area contributed by atoms with Crippen LogP contribution in [0.15, 0.2) is 54.6 Å². The summed E-state index contributed by atoms with van der Waals surface area (Å²) in [7, 11) is 0. The fourth-order valence-electron chi connectivity index (χ4n) is 3.37. The summed E-state index contributed by atoms with van der Waals surface area (Å²) in [5, 5.41) is 8.62. The minimum atomic E-state index is -0.838. The van der Waals surface area contributed by atoms with Crippen LogP contribution in [0, 0.1) is 18.6 Å². The second kappa shape index (κ2) is 7.95. The zero-order valence-electron chi connectivity index (χ0n) is 16.0. The third-order valence-corrected chi connectivity index (χ3v) is 5.07. The molecule has 0 N–H and O–H groups in total. The number of amides is 1. The molecule has 5 nitrogen and oxygen atoms in total. The van der Waals surface area contributed by atoms with Gasteiger partial charge in [0.2, 0.25) is 0 Å². The highest BCUT2D eigenvalue weighted by atomic mass is 19.1. The highest BCUT2D eigenvalue weighted by Gasteiger charge is 2.27. The molecule has 0 atom stereocenters. The van der Waals surface area contributed by atoms with Gasteiger partial charge in [-0.05, 0) is 31.2 Å². The number of anilines is 1. The van der Waals surface area contributed by atoms with Crippen molar-refractivity contribution in [2.75, 3.05) is 31.1 Å². The molecule has 2 heterocycles. The molecule has 7 heteroatoms. The Morgan fingerprint density at radius 2 is 1.52 bits per heavy atom. The average molecular weight is 394 g/mol. The largest absolute Gasteiger partial charge is 0.352 e. The van der Waals surface area contributed by atoms with Gasteiger partial charge in [-0.1, -0.05) is 35.9 Å². The number of aryl methyl sites for hydroxylation is 1. The molecule has 1 aliphatic heterocycles. The Bertz CT molecular complexity index is 994. The van der Waals surface area contributed by atoms with E-state index in [1.807, 2.05) is 48.2 Å². The number of benzene rings is 2. The van der Waals surface area contributed by atoms with Crippen LogP contribution in [0.5, 0.6) is 0 Å². The molecule has 3 aromatic rings. The second-order valence-electron chi connectivity index (χ2n) is 7.02. The molecule has 29 heavy (non-hydrogen) atoms. The van der Waals surface area contributed by atoms with Crippen molar-refractivity contribution in [1.29, 1.82) is 0 Å². The third-order valence-electron chi connectivity index (χ3n) is 5.07. The smallest absolute Gasteiger partial charge is 0.259 e. The lowest BCUT2D eigenvalue weighted by molar-refractivity contribution is 0.0736. The minimum Gasteiger partial charge on any atom is -0.352 e. The van der Waals surface area contributed by atoms with Crippen LogP contribution >= 0.6 is 0 Å². The Balaban J connectivity index is 1.42. The van der Waals surface area contributed by atoms with Crippen molar-refractivity contribution in [3.05, 3.63) is 77.4 Å². The van der Waals surface area contributed by atoms with Gasteiger partial charge in [0.1, 0.15) is 17.2 Å². The molecule has 1 saturated heterocycles. The minimum absolute atomic E-state index is 0.355. The van der Waals surface area contributed by atoms with Gasteiger partial charge in [0, 0.05) is 31.7 Å². The number of piperazine rings is 1. The lowest BCUT2D eigenvalue weighted by Crippen LogP contribution is -2.49. The molecular weight excluding hydrogens is 374 g/mol. The first-order valence-corrected chi connectivity index (χ1v) is 9.42. The van der Waals surface area contributed by atoms with E-state index >= 15 is 0 Å². The predicted molar refractivity (Wildman–Crippen MR) is 107 cm³/mol. The van der Waals surface area contributed by atoms with E-state index in [0.717, 1.165) is 23.4 Å². The summed E-state index contributed by atoms with van der Waals surface area (Å²) < 4.78 is 27.8. The summed E-state index contributed by atoms with van der Waals surface area (Å²) in [4.78, 5) is 16.0. The average Bonchev–Trinajstić information content (AvgIpc) is 2.74. The standard InChI is InChI=1S/C22H20F2N4O/c1-15-5-7-16(8-6-15)19-9-10-20(26-25-19)27-11-13-28(14-12-27)22(29)21-17(23)3-2-4-18(21)24/h2-10H,11-14H2,1H3. The van der Waals surface area contributed by atoms with Gasteiger partial charge >= 0.3 is 0 Å². The third kappa shape index (κ3) is 3.94. The van der Waals surface area contributed by atoms with Crippen LogP contribution in [0.4, 0.5) is 14.6 Å². The number of nitrogens with zero attached hydrogens (tertiary/aromatic N) is 4. The van der Waals surface area contributed by atoms with E-state index in [-0.39, 0.29) is 0 Å². The molecule has 4 rings (SSSR count). The number of aromatic nitrogens is 2. The molecule has 1 amide bonds. The van der Waals surface area contributed by atoms with Crippen LogP contribution in [0.3, 0.4) is 0 Å². The Labute approximate surface area is 167 Å². The molecule has 0 aliphatic carbocycles. The molecule has 0 radical (unpaired) electrons. The highest BCUT2D eigenvalue weighted by Crippen LogP contribution is 2.21. The van der Waals surface area contributed by atoms with Crippen molar-refractivity contribution in [3.63, 3.8) is 0 Å². The van der Waals surface area contributed by atoms with Crippen molar-refractivity contribution in [1.82, 2.24) is 15.1 Å². The Morgan fingerprint density at radius 3 is 2.10 bits per heavy atom. The molecule has 1 aromatic heterocycles. The molecule has 1 fully saturated rings. The fraction of sp³-hybridized carbons (Fsp3) is 0.227. The van der Waals surface area contributed by atoms with Crippen LogP contribution in [0.25, 0.3) is 11.3 Å². The normalized spacial score (nSPS) is 14.2. The summed E-state index contributed by atoms with van der Waals surface area (Å²) in [5.41, 5.74) is 2.47.